The average molecular weight is 271 g/mol. The number of nitrogens with two attached hydrogens (primary N) is 1. The molecule has 0 bridgehead atoms. The summed E-state index contributed by atoms with van der Waals surface area (Å²) in [6.07, 6.45) is 4.13. The fraction of sp³-hybridized carbons (Fsp3) is 0.333. The van der Waals surface area contributed by atoms with E-state index in [1.165, 1.54) is 6.07 Å². The summed E-state index contributed by atoms with van der Waals surface area (Å²) in [6, 6.07) is 6.16. The molecule has 0 spiro atoms. The van der Waals surface area contributed by atoms with E-state index in [0.717, 1.165) is 6.42 Å². The molecule has 0 radical (unpaired) electrons. The van der Waals surface area contributed by atoms with Crippen molar-refractivity contribution in [3.8, 4) is 0 Å². The molecule has 5 nitrogen and oxygen atoms in total. The normalized spacial score (nSPS) is 22.4. The largest absolute Gasteiger partial charge is 0.391 e. The molecule has 0 heterocycles. The maximum absolute atomic E-state index is 10.6. The Balaban J connectivity index is 0.000000199. The molecular formula is C12H17NO4S. The summed E-state index contributed by atoms with van der Waals surface area (Å²) in [5, 5.41) is 8.81. The maximum atomic E-state index is 10.6. The highest BCUT2D eigenvalue weighted by atomic mass is 32.2. The predicted octanol–water partition coefficient (Wildman–Crippen LogP) is 0.876. The zero-order valence-corrected chi connectivity index (χ0v) is 10.8. The van der Waals surface area contributed by atoms with Crippen LogP contribution in [0.15, 0.2) is 41.3 Å². The van der Waals surface area contributed by atoms with E-state index in [0.29, 0.717) is 5.56 Å². The fourth-order valence-electron chi connectivity index (χ4n) is 1.51. The van der Waals surface area contributed by atoms with Crippen LogP contribution in [0, 0.1) is 6.92 Å². The molecule has 1 aliphatic carbocycles. The lowest BCUT2D eigenvalue weighted by Crippen LogP contribution is -2.28. The number of hydrogen-bond donors (Lipinski definition) is 3. The van der Waals surface area contributed by atoms with Crippen LogP contribution in [0.4, 0.5) is 0 Å². The van der Waals surface area contributed by atoms with Crippen molar-refractivity contribution in [1.29, 1.82) is 0 Å². The lowest BCUT2D eigenvalue weighted by Gasteiger charge is -2.04. The molecule has 0 fully saturated rings. The number of aryl methyl sites for hydroxylation is 1. The van der Waals surface area contributed by atoms with Crippen molar-refractivity contribution in [2.45, 2.75) is 30.4 Å². The second-order valence-electron chi connectivity index (χ2n) is 4.05. The monoisotopic (exact) mass is 271 g/mol. The van der Waals surface area contributed by atoms with Gasteiger partial charge in [0.25, 0.3) is 10.1 Å². The summed E-state index contributed by atoms with van der Waals surface area (Å²) in [5.41, 5.74) is 5.89. The highest BCUT2D eigenvalue weighted by molar-refractivity contribution is 7.85. The van der Waals surface area contributed by atoms with Crippen LogP contribution in [0.25, 0.3) is 0 Å². The van der Waals surface area contributed by atoms with Gasteiger partial charge < -0.3 is 10.8 Å². The van der Waals surface area contributed by atoms with Crippen LogP contribution in [0.2, 0.25) is 0 Å². The van der Waals surface area contributed by atoms with Gasteiger partial charge in [-0.3, -0.25) is 4.55 Å². The highest BCUT2D eigenvalue weighted by Gasteiger charge is 2.14. The zero-order valence-electron chi connectivity index (χ0n) is 10.0. The minimum Gasteiger partial charge on any atom is -0.391 e. The number of aliphatic hydroxyl groups excluding tert-OH is 1. The first-order chi connectivity index (χ1) is 8.32. The predicted molar refractivity (Wildman–Crippen MR) is 68.7 cm³/mol. The van der Waals surface area contributed by atoms with Crippen molar-refractivity contribution in [3.63, 3.8) is 0 Å². The molecule has 2 rings (SSSR count). The summed E-state index contributed by atoms with van der Waals surface area (Å²) in [4.78, 5) is -0.0278. The van der Waals surface area contributed by atoms with Crippen LogP contribution in [0.5, 0.6) is 0 Å². The summed E-state index contributed by atoms with van der Waals surface area (Å²) < 4.78 is 29.9. The van der Waals surface area contributed by atoms with Crippen molar-refractivity contribution >= 4 is 10.1 Å². The van der Waals surface area contributed by atoms with E-state index in [9.17, 15) is 8.42 Å². The summed E-state index contributed by atoms with van der Waals surface area (Å²) in [5.74, 6) is 0. The fourth-order valence-corrected chi connectivity index (χ4v) is 2.23. The van der Waals surface area contributed by atoms with Gasteiger partial charge in [-0.1, -0.05) is 30.4 Å². The van der Waals surface area contributed by atoms with Gasteiger partial charge >= 0.3 is 0 Å². The van der Waals surface area contributed by atoms with E-state index in [-0.39, 0.29) is 17.0 Å². The minimum atomic E-state index is -4.03. The molecule has 0 aromatic heterocycles. The summed E-state index contributed by atoms with van der Waals surface area (Å²) in [7, 11) is -4.03. The standard InChI is InChI=1S/C7H8O3S.C5H9NO/c1-6-4-2-3-5-7(6)11(8,9)10;6-4-2-1-3-5(4)7/h2-5H,1H3,(H,8,9,10);1-2,4-5,7H,3,6H2/t;4-,5-/m.1/s1. The van der Waals surface area contributed by atoms with Gasteiger partial charge in [0.15, 0.2) is 0 Å². The van der Waals surface area contributed by atoms with E-state index in [2.05, 4.69) is 0 Å². The number of rotatable bonds is 1. The second-order valence-corrected chi connectivity index (χ2v) is 5.44. The van der Waals surface area contributed by atoms with Gasteiger partial charge in [0.2, 0.25) is 0 Å². The Bertz CT molecular complexity index is 525. The van der Waals surface area contributed by atoms with Crippen LogP contribution in [0.3, 0.4) is 0 Å². The van der Waals surface area contributed by atoms with Crippen molar-refractivity contribution in [2.75, 3.05) is 0 Å². The third-order valence-electron chi connectivity index (χ3n) is 2.55. The lowest BCUT2D eigenvalue weighted by atomic mass is 10.2. The van der Waals surface area contributed by atoms with E-state index >= 15 is 0 Å². The lowest BCUT2D eigenvalue weighted by molar-refractivity contribution is 0.172. The third-order valence-corrected chi connectivity index (χ3v) is 3.57. The smallest absolute Gasteiger partial charge is 0.294 e. The SMILES string of the molecule is Cc1ccccc1S(=O)(=O)O.N[C@@H]1C=CC[C@H]1O. The van der Waals surface area contributed by atoms with Crippen molar-refractivity contribution in [1.82, 2.24) is 0 Å². The van der Waals surface area contributed by atoms with Gasteiger partial charge in [-0.15, -0.1) is 0 Å². The Morgan fingerprint density at radius 1 is 1.33 bits per heavy atom. The third kappa shape index (κ3) is 4.23. The molecule has 0 saturated carbocycles. The van der Waals surface area contributed by atoms with Gasteiger partial charge in [-0.2, -0.15) is 8.42 Å². The van der Waals surface area contributed by atoms with Crippen molar-refractivity contribution < 1.29 is 18.1 Å². The van der Waals surface area contributed by atoms with Gasteiger partial charge in [-0.05, 0) is 25.0 Å². The van der Waals surface area contributed by atoms with E-state index in [1.54, 1.807) is 25.1 Å². The Labute approximate surface area is 107 Å². The molecule has 2 atom stereocenters. The van der Waals surface area contributed by atoms with Gasteiger partial charge in [0, 0.05) is 6.04 Å². The van der Waals surface area contributed by atoms with E-state index < -0.39 is 10.1 Å². The van der Waals surface area contributed by atoms with Gasteiger partial charge in [0.1, 0.15) is 0 Å². The van der Waals surface area contributed by atoms with Crippen molar-refractivity contribution in [3.05, 3.63) is 42.0 Å². The van der Waals surface area contributed by atoms with Gasteiger partial charge in [-0.25, -0.2) is 0 Å². The molecule has 0 saturated heterocycles. The zero-order chi connectivity index (χ0) is 13.8. The molecule has 0 aliphatic heterocycles. The van der Waals surface area contributed by atoms with Crippen molar-refractivity contribution in [2.24, 2.45) is 5.73 Å². The van der Waals surface area contributed by atoms with Crippen LogP contribution in [-0.2, 0) is 10.1 Å². The molecule has 1 aromatic rings. The first-order valence-corrected chi connectivity index (χ1v) is 6.90. The molecule has 0 unspecified atom stereocenters. The quantitative estimate of drug-likeness (QED) is 0.520. The molecule has 1 aromatic carbocycles. The molecule has 0 amide bonds. The van der Waals surface area contributed by atoms with Crippen LogP contribution < -0.4 is 5.73 Å². The minimum absolute atomic E-state index is 0.0278. The average Bonchev–Trinajstić information content (AvgIpc) is 2.63. The molecule has 18 heavy (non-hydrogen) atoms. The number of hydrogen-bond acceptors (Lipinski definition) is 4. The summed E-state index contributed by atoms with van der Waals surface area (Å²) >= 11 is 0. The Morgan fingerprint density at radius 2 is 1.94 bits per heavy atom. The maximum Gasteiger partial charge on any atom is 0.294 e. The van der Waals surface area contributed by atoms with E-state index in [1.807, 2.05) is 12.2 Å². The highest BCUT2D eigenvalue weighted by Crippen LogP contribution is 2.12. The first kappa shape index (κ1) is 14.8. The van der Waals surface area contributed by atoms with Crippen LogP contribution >= 0.6 is 0 Å². The van der Waals surface area contributed by atoms with Gasteiger partial charge in [0.05, 0.1) is 11.0 Å². The van der Waals surface area contributed by atoms with Crippen LogP contribution in [-0.4, -0.2) is 30.2 Å². The molecule has 4 N–H and O–H groups in total. The molecule has 100 valence electrons. The number of aliphatic hydroxyl groups is 1. The molecule has 1 aliphatic rings. The second kappa shape index (κ2) is 6.10. The van der Waals surface area contributed by atoms with E-state index in [4.69, 9.17) is 15.4 Å². The Morgan fingerprint density at radius 3 is 2.22 bits per heavy atom. The van der Waals surface area contributed by atoms with Crippen LogP contribution in [0.1, 0.15) is 12.0 Å². The first-order valence-electron chi connectivity index (χ1n) is 5.46. The molecule has 6 heteroatoms. The Hall–Kier alpha value is -1.21. The topological polar surface area (TPSA) is 101 Å². The summed E-state index contributed by atoms with van der Waals surface area (Å²) in [6.45, 7) is 1.63. The number of benzene rings is 1. The Kier molecular flexibility index (Phi) is 5.03. The molecular weight excluding hydrogens is 254 g/mol.